The molecule has 60 valence electrons. The van der Waals surface area contributed by atoms with Crippen LogP contribution in [0.2, 0.25) is 0 Å². The average molecular weight is 145 g/mol. The highest BCUT2D eigenvalue weighted by Gasteiger charge is 2.02. The molecule has 5 N–H and O–H groups in total. The molecule has 0 aromatic rings. The lowest BCUT2D eigenvalue weighted by atomic mass is 10.2. The smallest absolute Gasteiger partial charge is 0.233 e. The highest BCUT2D eigenvalue weighted by Crippen LogP contribution is 1.85. The molecule has 0 saturated carbocycles. The zero-order valence-corrected chi connectivity index (χ0v) is 6.26. The van der Waals surface area contributed by atoms with E-state index in [4.69, 9.17) is 11.5 Å². The van der Waals surface area contributed by atoms with Crippen LogP contribution in [0.1, 0.15) is 13.3 Å². The normalized spacial score (nSPS) is 12.7. The lowest BCUT2D eigenvalue weighted by molar-refractivity contribution is -0.120. The maximum atomic E-state index is 10.6. The van der Waals surface area contributed by atoms with E-state index in [0.29, 0.717) is 6.54 Å². The highest BCUT2D eigenvalue weighted by molar-refractivity contribution is 5.77. The summed E-state index contributed by atoms with van der Waals surface area (Å²) in [6.45, 7) is 2.54. The van der Waals surface area contributed by atoms with E-state index in [2.05, 4.69) is 5.32 Å². The number of rotatable bonds is 4. The summed E-state index contributed by atoms with van der Waals surface area (Å²) in [5, 5.41) is 2.69. The molecule has 0 heterocycles. The Balaban J connectivity index is 3.37. The Kier molecular flexibility index (Phi) is 4.88. The van der Waals surface area contributed by atoms with E-state index in [9.17, 15) is 4.79 Å². The van der Waals surface area contributed by atoms with Crippen molar-refractivity contribution in [3.63, 3.8) is 0 Å². The Morgan fingerprint density at radius 3 is 2.60 bits per heavy atom. The maximum Gasteiger partial charge on any atom is 0.233 e. The number of carbonyl (C=O) groups is 1. The van der Waals surface area contributed by atoms with Crippen molar-refractivity contribution >= 4 is 5.91 Å². The number of hydrogen-bond acceptors (Lipinski definition) is 3. The third kappa shape index (κ3) is 4.29. The molecule has 4 heteroatoms. The molecule has 0 aromatic heterocycles. The van der Waals surface area contributed by atoms with Crippen LogP contribution in [0.5, 0.6) is 0 Å². The largest absolute Gasteiger partial charge is 0.353 e. The third-order valence-electron chi connectivity index (χ3n) is 1.19. The number of nitrogens with two attached hydrogens (primary N) is 2. The number of carbonyl (C=O) groups excluding carboxylic acids is 1. The van der Waals surface area contributed by atoms with Crippen molar-refractivity contribution < 1.29 is 4.79 Å². The molecule has 0 spiro atoms. The van der Waals surface area contributed by atoms with Crippen LogP contribution in [0, 0.1) is 0 Å². The van der Waals surface area contributed by atoms with E-state index in [-0.39, 0.29) is 18.5 Å². The van der Waals surface area contributed by atoms with E-state index >= 15 is 0 Å². The van der Waals surface area contributed by atoms with Crippen LogP contribution in [0.4, 0.5) is 0 Å². The van der Waals surface area contributed by atoms with Crippen molar-refractivity contribution in [3.8, 4) is 0 Å². The van der Waals surface area contributed by atoms with Gasteiger partial charge in [-0.2, -0.15) is 0 Å². The topological polar surface area (TPSA) is 81.1 Å². The second kappa shape index (κ2) is 5.20. The van der Waals surface area contributed by atoms with E-state index in [1.54, 1.807) is 0 Å². The molecular formula is C6H15N3O. The summed E-state index contributed by atoms with van der Waals surface area (Å²) in [5.74, 6) is -0.124. The molecule has 0 aliphatic heterocycles. The summed E-state index contributed by atoms with van der Waals surface area (Å²) in [4.78, 5) is 10.6. The monoisotopic (exact) mass is 145 g/mol. The average Bonchev–Trinajstić information content (AvgIpc) is 1.88. The van der Waals surface area contributed by atoms with E-state index in [1.807, 2.05) is 6.92 Å². The van der Waals surface area contributed by atoms with Crippen LogP contribution in [0.25, 0.3) is 0 Å². The third-order valence-corrected chi connectivity index (χ3v) is 1.19. The van der Waals surface area contributed by atoms with Crippen molar-refractivity contribution in [3.05, 3.63) is 0 Å². The minimum absolute atomic E-state index is 0.0505. The molecule has 0 aliphatic carbocycles. The van der Waals surface area contributed by atoms with E-state index in [1.165, 1.54) is 0 Å². The quantitative estimate of drug-likeness (QED) is 0.464. The lowest BCUT2D eigenvalue weighted by Gasteiger charge is -2.10. The second-order valence-electron chi connectivity index (χ2n) is 2.25. The zero-order chi connectivity index (χ0) is 7.98. The van der Waals surface area contributed by atoms with Crippen LogP contribution in [0.15, 0.2) is 0 Å². The summed E-state index contributed by atoms with van der Waals surface area (Å²) in [6.07, 6.45) is 0.797. The minimum Gasteiger partial charge on any atom is -0.353 e. The van der Waals surface area contributed by atoms with Gasteiger partial charge in [0.1, 0.15) is 0 Å². The van der Waals surface area contributed by atoms with Crippen molar-refractivity contribution in [2.24, 2.45) is 11.5 Å². The summed E-state index contributed by atoms with van der Waals surface area (Å²) in [7, 11) is 0. The van der Waals surface area contributed by atoms with Gasteiger partial charge >= 0.3 is 0 Å². The van der Waals surface area contributed by atoms with Gasteiger partial charge in [-0.15, -0.1) is 0 Å². The molecule has 1 unspecified atom stereocenters. The molecule has 0 aromatic carbocycles. The molecule has 10 heavy (non-hydrogen) atoms. The van der Waals surface area contributed by atoms with Gasteiger partial charge in [-0.1, -0.05) is 0 Å². The second-order valence-corrected chi connectivity index (χ2v) is 2.25. The van der Waals surface area contributed by atoms with Gasteiger partial charge in [0.15, 0.2) is 0 Å². The van der Waals surface area contributed by atoms with Gasteiger partial charge in [0, 0.05) is 6.04 Å². The number of amides is 1. The molecule has 4 nitrogen and oxygen atoms in total. The van der Waals surface area contributed by atoms with Crippen molar-refractivity contribution in [2.45, 2.75) is 19.4 Å². The Morgan fingerprint density at radius 1 is 1.60 bits per heavy atom. The Hall–Kier alpha value is -0.610. The summed E-state index contributed by atoms with van der Waals surface area (Å²) in [5.41, 5.74) is 10.3. The standard InChI is InChI=1S/C6H15N3O/c1-5(2-3-7)9-6(10)4-8/h5H,2-4,7-8H2,1H3,(H,9,10). The number of nitrogens with one attached hydrogen (secondary N) is 1. The van der Waals surface area contributed by atoms with Gasteiger partial charge < -0.3 is 16.8 Å². The van der Waals surface area contributed by atoms with Gasteiger partial charge in [0.2, 0.25) is 5.91 Å². The van der Waals surface area contributed by atoms with Crippen LogP contribution in [0.3, 0.4) is 0 Å². The molecule has 0 rings (SSSR count). The molecule has 0 radical (unpaired) electrons. The predicted octanol–water partition coefficient (Wildman–Crippen LogP) is -1.20. The van der Waals surface area contributed by atoms with Crippen LogP contribution in [-0.2, 0) is 4.79 Å². The first-order chi connectivity index (χ1) is 4.70. The highest BCUT2D eigenvalue weighted by atomic mass is 16.1. The minimum atomic E-state index is -0.124. The first-order valence-electron chi connectivity index (χ1n) is 3.40. The van der Waals surface area contributed by atoms with Gasteiger partial charge in [0.25, 0.3) is 0 Å². The Morgan fingerprint density at radius 2 is 2.20 bits per heavy atom. The maximum absolute atomic E-state index is 10.6. The van der Waals surface area contributed by atoms with Crippen molar-refractivity contribution in [1.82, 2.24) is 5.32 Å². The Labute approximate surface area is 61.0 Å². The molecule has 1 amide bonds. The summed E-state index contributed by atoms with van der Waals surface area (Å²) >= 11 is 0. The van der Waals surface area contributed by atoms with Gasteiger partial charge in [-0.3, -0.25) is 4.79 Å². The zero-order valence-electron chi connectivity index (χ0n) is 6.26. The van der Waals surface area contributed by atoms with Gasteiger partial charge in [0.05, 0.1) is 6.54 Å². The van der Waals surface area contributed by atoms with Crippen LogP contribution < -0.4 is 16.8 Å². The van der Waals surface area contributed by atoms with Crippen LogP contribution >= 0.6 is 0 Å². The first-order valence-corrected chi connectivity index (χ1v) is 3.40. The van der Waals surface area contributed by atoms with E-state index in [0.717, 1.165) is 6.42 Å². The van der Waals surface area contributed by atoms with Crippen LogP contribution in [-0.4, -0.2) is 25.0 Å². The predicted molar refractivity (Wildman–Crippen MR) is 40.3 cm³/mol. The lowest BCUT2D eigenvalue weighted by Crippen LogP contribution is -2.37. The molecule has 0 saturated heterocycles. The van der Waals surface area contributed by atoms with E-state index < -0.39 is 0 Å². The summed E-state index contributed by atoms with van der Waals surface area (Å²) < 4.78 is 0. The van der Waals surface area contributed by atoms with Gasteiger partial charge in [-0.05, 0) is 19.9 Å². The fourth-order valence-corrected chi connectivity index (χ4v) is 0.656. The fourth-order valence-electron chi connectivity index (χ4n) is 0.656. The van der Waals surface area contributed by atoms with Crippen molar-refractivity contribution in [1.29, 1.82) is 0 Å². The molecule has 1 atom stereocenters. The SMILES string of the molecule is CC(CCN)NC(=O)CN. The summed E-state index contributed by atoms with van der Waals surface area (Å²) in [6, 6.07) is 0.140. The molecule has 0 fully saturated rings. The molecular weight excluding hydrogens is 130 g/mol. The molecule has 0 bridgehead atoms. The van der Waals surface area contributed by atoms with Crippen molar-refractivity contribution in [2.75, 3.05) is 13.1 Å². The number of hydrogen-bond donors (Lipinski definition) is 3. The first kappa shape index (κ1) is 9.39. The fraction of sp³-hybridized carbons (Fsp3) is 0.833. The molecule has 0 aliphatic rings. The van der Waals surface area contributed by atoms with Gasteiger partial charge in [-0.25, -0.2) is 0 Å². The Bertz CT molecular complexity index is 105.